The molecule has 3 rings (SSSR count). The molecule has 31 heavy (non-hydrogen) atoms. The Morgan fingerprint density at radius 2 is 1.52 bits per heavy atom. The second kappa shape index (κ2) is 8.46. The molecule has 166 valence electrons. The number of nitrogens with zero attached hydrogens (tertiary/aromatic N) is 1. The van der Waals surface area contributed by atoms with Crippen LogP contribution in [0.3, 0.4) is 0 Å². The van der Waals surface area contributed by atoms with Crippen LogP contribution in [0.2, 0.25) is 0 Å². The minimum absolute atomic E-state index is 0.122. The van der Waals surface area contributed by atoms with Crippen molar-refractivity contribution < 1.29 is 32.2 Å². The zero-order valence-corrected chi connectivity index (χ0v) is 16.9. The number of benzene rings is 2. The zero-order chi connectivity index (χ0) is 22.8. The van der Waals surface area contributed by atoms with Crippen LogP contribution in [0, 0.1) is 0 Å². The molecule has 0 spiro atoms. The Morgan fingerprint density at radius 1 is 1.00 bits per heavy atom. The van der Waals surface area contributed by atoms with Crippen molar-refractivity contribution in [2.24, 2.45) is 5.73 Å². The fourth-order valence-corrected chi connectivity index (χ4v) is 3.09. The fraction of sp³-hybridized carbons (Fsp3) is 0.333. The highest BCUT2D eigenvalue weighted by Crippen LogP contribution is 2.27. The zero-order valence-electron chi connectivity index (χ0n) is 16.9. The van der Waals surface area contributed by atoms with E-state index < -0.39 is 24.0 Å². The van der Waals surface area contributed by atoms with E-state index in [1.165, 1.54) is 29.2 Å². The molecule has 1 unspecified atom stereocenters. The number of urea groups is 1. The highest BCUT2D eigenvalue weighted by Gasteiger charge is 2.45. The van der Waals surface area contributed by atoms with Crippen molar-refractivity contribution in [2.75, 3.05) is 13.2 Å². The van der Waals surface area contributed by atoms with Crippen LogP contribution >= 0.6 is 0 Å². The SMILES string of the molecule is CC1(C)C(=O)NC(=O)N1CC(N)COc1ccc(-c2ccc(OC(F)(F)F)cc2)cc1. The van der Waals surface area contributed by atoms with Crippen molar-refractivity contribution >= 4 is 11.9 Å². The van der Waals surface area contributed by atoms with Crippen molar-refractivity contribution in [1.29, 1.82) is 0 Å². The van der Waals surface area contributed by atoms with E-state index >= 15 is 0 Å². The van der Waals surface area contributed by atoms with E-state index in [1.807, 2.05) is 0 Å². The lowest BCUT2D eigenvalue weighted by atomic mass is 10.0. The predicted octanol–water partition coefficient (Wildman–Crippen LogP) is 3.29. The van der Waals surface area contributed by atoms with E-state index in [0.29, 0.717) is 11.3 Å². The van der Waals surface area contributed by atoms with E-state index in [1.54, 1.807) is 38.1 Å². The van der Waals surface area contributed by atoms with Crippen LogP contribution in [-0.2, 0) is 4.79 Å². The molecule has 2 aromatic rings. The molecule has 3 amide bonds. The number of rotatable bonds is 7. The first-order valence-electron chi connectivity index (χ1n) is 9.43. The van der Waals surface area contributed by atoms with Crippen molar-refractivity contribution in [1.82, 2.24) is 10.2 Å². The summed E-state index contributed by atoms with van der Waals surface area (Å²) in [5, 5.41) is 2.26. The highest BCUT2D eigenvalue weighted by atomic mass is 19.4. The van der Waals surface area contributed by atoms with Gasteiger partial charge in [-0.2, -0.15) is 0 Å². The van der Waals surface area contributed by atoms with Gasteiger partial charge in [-0.25, -0.2) is 4.79 Å². The number of carbonyl (C=O) groups excluding carboxylic acids is 2. The maximum Gasteiger partial charge on any atom is 0.573 e. The van der Waals surface area contributed by atoms with Gasteiger partial charge < -0.3 is 20.1 Å². The summed E-state index contributed by atoms with van der Waals surface area (Å²) in [4.78, 5) is 25.1. The van der Waals surface area contributed by atoms with Crippen LogP contribution in [0.25, 0.3) is 11.1 Å². The van der Waals surface area contributed by atoms with Crippen LogP contribution in [-0.4, -0.2) is 47.9 Å². The van der Waals surface area contributed by atoms with Gasteiger partial charge in [-0.3, -0.25) is 10.1 Å². The molecule has 1 heterocycles. The molecular weight excluding hydrogens is 415 g/mol. The van der Waals surface area contributed by atoms with Crippen LogP contribution in [0.4, 0.5) is 18.0 Å². The van der Waals surface area contributed by atoms with Gasteiger partial charge in [0, 0.05) is 6.54 Å². The van der Waals surface area contributed by atoms with E-state index in [-0.39, 0.29) is 24.8 Å². The number of amides is 3. The number of nitrogens with one attached hydrogen (secondary N) is 1. The molecular formula is C21H22F3N3O4. The Hall–Kier alpha value is -3.27. The minimum atomic E-state index is -4.73. The first kappa shape index (κ1) is 22.4. The molecule has 2 aromatic carbocycles. The summed E-state index contributed by atoms with van der Waals surface area (Å²) >= 11 is 0. The first-order chi connectivity index (χ1) is 14.5. The molecule has 1 aliphatic rings. The van der Waals surface area contributed by atoms with Gasteiger partial charge in [-0.1, -0.05) is 24.3 Å². The Bertz CT molecular complexity index is 944. The average molecular weight is 437 g/mol. The fourth-order valence-electron chi connectivity index (χ4n) is 3.09. The molecule has 0 aromatic heterocycles. The smallest absolute Gasteiger partial charge is 0.492 e. The lowest BCUT2D eigenvalue weighted by Crippen LogP contribution is -2.50. The van der Waals surface area contributed by atoms with E-state index in [0.717, 1.165) is 5.56 Å². The second-order valence-electron chi connectivity index (χ2n) is 7.60. The second-order valence-corrected chi connectivity index (χ2v) is 7.60. The molecule has 7 nitrogen and oxygen atoms in total. The number of alkyl halides is 3. The van der Waals surface area contributed by atoms with Gasteiger partial charge in [-0.15, -0.1) is 13.2 Å². The third-order valence-electron chi connectivity index (χ3n) is 4.85. The average Bonchev–Trinajstić information content (AvgIpc) is 2.88. The van der Waals surface area contributed by atoms with Gasteiger partial charge >= 0.3 is 12.4 Å². The summed E-state index contributed by atoms with van der Waals surface area (Å²) in [6.45, 7) is 3.55. The van der Waals surface area contributed by atoms with E-state index in [4.69, 9.17) is 10.5 Å². The van der Waals surface area contributed by atoms with Gasteiger partial charge in [0.2, 0.25) is 0 Å². The summed E-state index contributed by atoms with van der Waals surface area (Å²) in [6.07, 6.45) is -4.73. The van der Waals surface area contributed by atoms with Gasteiger partial charge in [0.1, 0.15) is 23.6 Å². The predicted molar refractivity (Wildman–Crippen MR) is 106 cm³/mol. The summed E-state index contributed by atoms with van der Waals surface area (Å²) in [7, 11) is 0. The largest absolute Gasteiger partial charge is 0.573 e. The van der Waals surface area contributed by atoms with Gasteiger partial charge in [0.15, 0.2) is 0 Å². The quantitative estimate of drug-likeness (QED) is 0.649. The molecule has 0 bridgehead atoms. The standard InChI is InChI=1S/C21H22F3N3O4/c1-20(2)18(28)26-19(29)27(20)11-15(25)12-30-16-7-3-13(4-8-16)14-5-9-17(10-6-14)31-21(22,23)24/h3-10,15H,11-12,25H2,1-2H3,(H,26,28,29). The van der Waals surface area contributed by atoms with Gasteiger partial charge in [0.05, 0.1) is 6.04 Å². The molecule has 0 saturated carbocycles. The monoisotopic (exact) mass is 437 g/mol. The summed E-state index contributed by atoms with van der Waals surface area (Å²) in [6, 6.07) is 11.5. The van der Waals surface area contributed by atoms with E-state index in [2.05, 4.69) is 10.1 Å². The molecule has 10 heteroatoms. The summed E-state index contributed by atoms with van der Waals surface area (Å²) < 4.78 is 46.3. The maximum absolute atomic E-state index is 12.2. The number of nitrogens with two attached hydrogens (primary N) is 1. The number of carbonyl (C=O) groups is 2. The van der Waals surface area contributed by atoms with Gasteiger partial charge in [0.25, 0.3) is 5.91 Å². The maximum atomic E-state index is 12.2. The van der Waals surface area contributed by atoms with Crippen molar-refractivity contribution in [2.45, 2.75) is 31.8 Å². The lowest BCUT2D eigenvalue weighted by Gasteiger charge is -2.30. The summed E-state index contributed by atoms with van der Waals surface area (Å²) in [5.41, 5.74) is 6.58. The lowest BCUT2D eigenvalue weighted by molar-refractivity contribution is -0.274. The molecule has 1 aliphatic heterocycles. The van der Waals surface area contributed by atoms with Crippen LogP contribution in [0.15, 0.2) is 48.5 Å². The number of hydrogen-bond acceptors (Lipinski definition) is 5. The molecule has 1 saturated heterocycles. The molecule has 1 atom stereocenters. The number of ether oxygens (including phenoxy) is 2. The van der Waals surface area contributed by atoms with Crippen LogP contribution in [0.1, 0.15) is 13.8 Å². The van der Waals surface area contributed by atoms with Crippen molar-refractivity contribution in [3.05, 3.63) is 48.5 Å². The van der Waals surface area contributed by atoms with Crippen LogP contribution in [0.5, 0.6) is 11.5 Å². The Morgan fingerprint density at radius 3 is 1.97 bits per heavy atom. The Balaban J connectivity index is 1.55. The number of imide groups is 1. The number of halogens is 3. The topological polar surface area (TPSA) is 93.9 Å². The molecule has 1 fully saturated rings. The Kier molecular flexibility index (Phi) is 6.12. The first-order valence-corrected chi connectivity index (χ1v) is 9.43. The minimum Gasteiger partial charge on any atom is -0.492 e. The van der Waals surface area contributed by atoms with Crippen molar-refractivity contribution in [3.63, 3.8) is 0 Å². The third kappa shape index (κ3) is 5.46. The van der Waals surface area contributed by atoms with E-state index in [9.17, 15) is 22.8 Å². The number of hydrogen-bond donors (Lipinski definition) is 2. The third-order valence-corrected chi connectivity index (χ3v) is 4.85. The molecule has 0 radical (unpaired) electrons. The summed E-state index contributed by atoms with van der Waals surface area (Å²) in [5.74, 6) is -0.126. The highest BCUT2D eigenvalue weighted by molar-refractivity contribution is 6.06. The van der Waals surface area contributed by atoms with Crippen LogP contribution < -0.4 is 20.5 Å². The molecule has 0 aliphatic carbocycles. The van der Waals surface area contributed by atoms with Gasteiger partial charge in [-0.05, 0) is 49.2 Å². The normalized spacial score (nSPS) is 16.8. The van der Waals surface area contributed by atoms with Crippen molar-refractivity contribution in [3.8, 4) is 22.6 Å². The Labute approximate surface area is 176 Å². The molecule has 3 N–H and O–H groups in total.